The predicted octanol–water partition coefficient (Wildman–Crippen LogP) is 1.84. The van der Waals surface area contributed by atoms with E-state index in [1.807, 2.05) is 4.52 Å². The molecule has 94 valence electrons. The van der Waals surface area contributed by atoms with Crippen molar-refractivity contribution in [3.63, 3.8) is 0 Å². The molecule has 0 fully saturated rings. The van der Waals surface area contributed by atoms with Crippen molar-refractivity contribution in [1.29, 1.82) is 0 Å². The first-order valence-corrected chi connectivity index (χ1v) is 6.77. The molecular formula is C11H19N5S. The van der Waals surface area contributed by atoms with Crippen LogP contribution in [-0.4, -0.2) is 25.9 Å². The lowest BCUT2D eigenvalue weighted by atomic mass is 10.0. The maximum atomic E-state index is 6.06. The lowest BCUT2D eigenvalue weighted by Crippen LogP contribution is -2.28. The van der Waals surface area contributed by atoms with Crippen LogP contribution >= 0.6 is 11.3 Å². The van der Waals surface area contributed by atoms with Gasteiger partial charge in [-0.2, -0.15) is 9.61 Å². The van der Waals surface area contributed by atoms with Crippen LogP contribution in [0.1, 0.15) is 44.4 Å². The highest BCUT2D eigenvalue weighted by Crippen LogP contribution is 2.20. The minimum Gasteiger partial charge on any atom is -0.327 e. The molecule has 6 heteroatoms. The largest absolute Gasteiger partial charge is 0.327 e. The van der Waals surface area contributed by atoms with E-state index >= 15 is 0 Å². The number of rotatable bonds is 4. The van der Waals surface area contributed by atoms with Crippen LogP contribution in [0.4, 0.5) is 0 Å². The van der Waals surface area contributed by atoms with Gasteiger partial charge in [-0.3, -0.25) is 0 Å². The van der Waals surface area contributed by atoms with E-state index in [-0.39, 0.29) is 6.04 Å². The molecule has 0 saturated carbocycles. The van der Waals surface area contributed by atoms with Crippen molar-refractivity contribution in [2.45, 2.75) is 46.1 Å². The maximum Gasteiger partial charge on any atom is 0.234 e. The van der Waals surface area contributed by atoms with E-state index < -0.39 is 0 Å². The molecule has 1 unspecified atom stereocenters. The first kappa shape index (κ1) is 12.4. The highest BCUT2D eigenvalue weighted by atomic mass is 32.1. The molecule has 2 heterocycles. The molecule has 1 atom stereocenters. The molecule has 17 heavy (non-hydrogen) atoms. The summed E-state index contributed by atoms with van der Waals surface area (Å²) in [7, 11) is 0. The van der Waals surface area contributed by atoms with Gasteiger partial charge < -0.3 is 5.73 Å². The molecule has 0 spiro atoms. The quantitative estimate of drug-likeness (QED) is 0.902. The second-order valence-corrected chi connectivity index (χ2v) is 6.06. The number of hydrogen-bond donors (Lipinski definition) is 1. The maximum absolute atomic E-state index is 6.06. The normalized spacial score (nSPS) is 14.1. The number of aromatic nitrogens is 4. The Morgan fingerprint density at radius 1 is 1.24 bits per heavy atom. The fourth-order valence-electron chi connectivity index (χ4n) is 1.55. The van der Waals surface area contributed by atoms with Crippen molar-refractivity contribution in [2.24, 2.45) is 11.7 Å². The summed E-state index contributed by atoms with van der Waals surface area (Å²) >= 11 is 1.58. The molecule has 0 aliphatic heterocycles. The van der Waals surface area contributed by atoms with Gasteiger partial charge in [0.05, 0.1) is 0 Å². The van der Waals surface area contributed by atoms with Crippen LogP contribution in [0.3, 0.4) is 0 Å². The van der Waals surface area contributed by atoms with Crippen LogP contribution in [0.25, 0.3) is 4.96 Å². The topological polar surface area (TPSA) is 69.1 Å². The molecule has 2 N–H and O–H groups in total. The van der Waals surface area contributed by atoms with Gasteiger partial charge >= 0.3 is 0 Å². The Kier molecular flexibility index (Phi) is 3.44. The first-order chi connectivity index (χ1) is 7.99. The van der Waals surface area contributed by atoms with Gasteiger partial charge in [0.2, 0.25) is 4.96 Å². The molecule has 0 aliphatic rings. The van der Waals surface area contributed by atoms with Crippen molar-refractivity contribution in [3.05, 3.63) is 10.8 Å². The molecular weight excluding hydrogens is 234 g/mol. The highest BCUT2D eigenvalue weighted by Gasteiger charge is 2.16. The summed E-state index contributed by atoms with van der Waals surface area (Å²) in [4.78, 5) is 0.861. The Balaban J connectivity index is 2.26. The van der Waals surface area contributed by atoms with Gasteiger partial charge in [-0.15, -0.1) is 10.2 Å². The number of fused-ring (bicyclic) bond motifs is 1. The molecule has 0 radical (unpaired) electrons. The second-order valence-electron chi connectivity index (χ2n) is 5.02. The standard InChI is InChI=1S/C11H19N5S/c1-6(2)8(12)5-9-15-16-10(7(3)4)13-14-11(16)17-9/h6-8H,5,12H2,1-4H3. The van der Waals surface area contributed by atoms with Crippen LogP contribution < -0.4 is 5.73 Å². The first-order valence-electron chi connectivity index (χ1n) is 5.95. The molecule has 0 bridgehead atoms. The Morgan fingerprint density at radius 3 is 2.53 bits per heavy atom. The van der Waals surface area contributed by atoms with Crippen LogP contribution in [0.2, 0.25) is 0 Å². The van der Waals surface area contributed by atoms with Gasteiger partial charge in [-0.25, -0.2) is 0 Å². The molecule has 5 nitrogen and oxygen atoms in total. The SMILES string of the molecule is CC(C)c1nnc2sc(CC(N)C(C)C)nn12. The zero-order chi connectivity index (χ0) is 12.6. The van der Waals surface area contributed by atoms with E-state index in [0.29, 0.717) is 11.8 Å². The Labute approximate surface area is 105 Å². The Hall–Kier alpha value is -1.01. The molecule has 0 amide bonds. The molecule has 2 rings (SSSR count). The van der Waals surface area contributed by atoms with E-state index in [1.54, 1.807) is 11.3 Å². The lowest BCUT2D eigenvalue weighted by molar-refractivity contribution is 0.487. The fraction of sp³-hybridized carbons (Fsp3) is 0.727. The second kappa shape index (κ2) is 4.70. The van der Waals surface area contributed by atoms with Gasteiger partial charge in [0.1, 0.15) is 5.01 Å². The van der Waals surface area contributed by atoms with Crippen LogP contribution in [0.15, 0.2) is 0 Å². The minimum atomic E-state index is 0.154. The third kappa shape index (κ3) is 2.47. The van der Waals surface area contributed by atoms with Crippen molar-refractivity contribution in [3.8, 4) is 0 Å². The molecule has 0 aliphatic carbocycles. The summed E-state index contributed by atoms with van der Waals surface area (Å²) in [5.41, 5.74) is 6.06. The van der Waals surface area contributed by atoms with Crippen LogP contribution in [-0.2, 0) is 6.42 Å². The lowest BCUT2D eigenvalue weighted by Gasteiger charge is -2.12. The van der Waals surface area contributed by atoms with Gasteiger partial charge in [0.15, 0.2) is 5.82 Å². The van der Waals surface area contributed by atoms with E-state index in [2.05, 4.69) is 43.0 Å². The summed E-state index contributed by atoms with van der Waals surface area (Å²) in [5.74, 6) is 1.72. The summed E-state index contributed by atoms with van der Waals surface area (Å²) in [6, 6.07) is 0.154. The van der Waals surface area contributed by atoms with Crippen molar-refractivity contribution < 1.29 is 0 Å². The zero-order valence-corrected chi connectivity index (χ0v) is 11.5. The molecule has 0 saturated heterocycles. The van der Waals surface area contributed by atoms with E-state index in [9.17, 15) is 0 Å². The van der Waals surface area contributed by atoms with Crippen LogP contribution in [0.5, 0.6) is 0 Å². The number of hydrogen-bond acceptors (Lipinski definition) is 5. The van der Waals surface area contributed by atoms with Gasteiger partial charge in [-0.1, -0.05) is 39.0 Å². The summed E-state index contributed by atoms with van der Waals surface area (Å²) in [6.07, 6.45) is 0.809. The summed E-state index contributed by atoms with van der Waals surface area (Å²) in [6.45, 7) is 8.44. The smallest absolute Gasteiger partial charge is 0.234 e. The van der Waals surface area contributed by atoms with Crippen molar-refractivity contribution in [2.75, 3.05) is 0 Å². The summed E-state index contributed by atoms with van der Waals surface area (Å²) < 4.78 is 1.84. The van der Waals surface area contributed by atoms with Gasteiger partial charge in [0, 0.05) is 18.4 Å². The van der Waals surface area contributed by atoms with E-state index in [0.717, 1.165) is 22.2 Å². The number of nitrogens with zero attached hydrogens (tertiary/aromatic N) is 4. The Bertz CT molecular complexity index is 499. The van der Waals surface area contributed by atoms with Crippen molar-refractivity contribution in [1.82, 2.24) is 19.8 Å². The van der Waals surface area contributed by atoms with Crippen LogP contribution in [0, 0.1) is 5.92 Å². The van der Waals surface area contributed by atoms with Crippen molar-refractivity contribution >= 4 is 16.3 Å². The third-order valence-corrected chi connectivity index (χ3v) is 3.76. The minimum absolute atomic E-state index is 0.154. The summed E-state index contributed by atoms with van der Waals surface area (Å²) in [5, 5.41) is 13.9. The average molecular weight is 253 g/mol. The monoisotopic (exact) mass is 253 g/mol. The van der Waals surface area contributed by atoms with E-state index in [4.69, 9.17) is 5.73 Å². The third-order valence-electron chi connectivity index (χ3n) is 2.84. The van der Waals surface area contributed by atoms with E-state index in [1.165, 1.54) is 0 Å². The Morgan fingerprint density at radius 2 is 1.94 bits per heavy atom. The highest BCUT2D eigenvalue weighted by molar-refractivity contribution is 7.16. The molecule has 2 aromatic rings. The predicted molar refractivity (Wildman–Crippen MR) is 69.3 cm³/mol. The van der Waals surface area contributed by atoms with Gasteiger partial charge in [0.25, 0.3) is 0 Å². The molecule has 0 aromatic carbocycles. The average Bonchev–Trinajstić information content (AvgIpc) is 2.75. The zero-order valence-electron chi connectivity index (χ0n) is 10.7. The fourth-order valence-corrected chi connectivity index (χ4v) is 2.46. The van der Waals surface area contributed by atoms with Gasteiger partial charge in [-0.05, 0) is 5.92 Å². The number of nitrogens with two attached hydrogens (primary N) is 1. The molecule has 2 aromatic heterocycles.